The molecule has 0 N–H and O–H groups in total. The molecule has 0 saturated carbocycles. The van der Waals surface area contributed by atoms with Gasteiger partial charge in [0.1, 0.15) is 0 Å². The molecule has 0 saturated heterocycles. The van der Waals surface area contributed by atoms with E-state index in [1.54, 1.807) is 0 Å². The number of hydrogen-bond donors (Lipinski definition) is 0. The summed E-state index contributed by atoms with van der Waals surface area (Å²) in [7, 11) is -2.82. The van der Waals surface area contributed by atoms with Crippen molar-refractivity contribution in [2.75, 3.05) is 0 Å². The van der Waals surface area contributed by atoms with Gasteiger partial charge in [0.2, 0.25) is 0 Å². The Labute approximate surface area is 368 Å². The molecule has 2 aromatic heterocycles. The molecule has 0 aliphatic rings. The van der Waals surface area contributed by atoms with Crippen LogP contribution in [0.4, 0.5) is 0 Å². The Morgan fingerprint density at radius 3 is 1.33 bits per heavy atom. The molecule has 10 aromatic carbocycles. The summed E-state index contributed by atoms with van der Waals surface area (Å²) >= 11 is 0. The van der Waals surface area contributed by atoms with Crippen LogP contribution in [-0.2, 0) is 0 Å². The highest BCUT2D eigenvalue weighted by Crippen LogP contribution is 2.40. The summed E-state index contributed by atoms with van der Waals surface area (Å²) in [5.41, 5.74) is 11.8. The van der Waals surface area contributed by atoms with Crippen LogP contribution in [0, 0.1) is 0 Å². The first kappa shape index (κ1) is 36.8. The Balaban J connectivity index is 1.14. The molecule has 0 radical (unpaired) electrons. The number of aromatic nitrogens is 2. The highest BCUT2D eigenvalue weighted by atomic mass is 28.3. The smallest absolute Gasteiger partial charge is 0.179 e. The molecule has 296 valence electrons. The summed E-state index contributed by atoms with van der Waals surface area (Å²) in [5.74, 6) is 0. The molecule has 0 atom stereocenters. The van der Waals surface area contributed by atoms with Gasteiger partial charge in [0.25, 0.3) is 0 Å². The van der Waals surface area contributed by atoms with Gasteiger partial charge in [-0.1, -0.05) is 212 Å². The van der Waals surface area contributed by atoms with E-state index in [0.29, 0.717) is 0 Å². The summed E-state index contributed by atoms with van der Waals surface area (Å²) in [6, 6.07) is 94.3. The molecule has 63 heavy (non-hydrogen) atoms. The minimum absolute atomic E-state index is 1.13. The summed E-state index contributed by atoms with van der Waals surface area (Å²) in [6.07, 6.45) is 0. The van der Waals surface area contributed by atoms with Gasteiger partial charge in [-0.25, -0.2) is 0 Å². The van der Waals surface area contributed by atoms with Crippen LogP contribution in [0.5, 0.6) is 0 Å². The molecule has 2 heterocycles. The normalized spacial score (nSPS) is 11.8. The van der Waals surface area contributed by atoms with Crippen LogP contribution >= 0.6 is 0 Å². The standard InChI is InChI=1S/C60H42N2Si/c1-5-20-43(21-6-1)44-22-17-23-45(40-44)46-24-18-25-47(41-46)61-56-35-15-14-33-53(56)55-34-19-37-58(60(55)61)62-57-36-16-13-32-52(57)54-39-38-51(42-59(54)62)63(48-26-7-2-8-27-48,49-28-9-3-10-29-49)50-30-11-4-12-31-50/h1-42H. The summed E-state index contributed by atoms with van der Waals surface area (Å²) in [6.45, 7) is 0. The van der Waals surface area contributed by atoms with Crippen LogP contribution < -0.4 is 20.7 Å². The number of rotatable bonds is 8. The lowest BCUT2D eigenvalue weighted by atomic mass is 9.99. The van der Waals surface area contributed by atoms with Gasteiger partial charge in [0, 0.05) is 27.2 Å². The fourth-order valence-corrected chi connectivity index (χ4v) is 15.1. The summed E-state index contributed by atoms with van der Waals surface area (Å²) < 4.78 is 5.03. The van der Waals surface area contributed by atoms with Gasteiger partial charge < -0.3 is 9.13 Å². The van der Waals surface area contributed by atoms with Crippen molar-refractivity contribution >= 4 is 72.4 Å². The molecule has 3 heteroatoms. The minimum Gasteiger partial charge on any atom is -0.307 e. The third-order valence-electron chi connectivity index (χ3n) is 13.0. The predicted octanol–water partition coefficient (Wildman–Crippen LogP) is 12.6. The Morgan fingerprint density at radius 2 is 0.698 bits per heavy atom. The third-order valence-corrected chi connectivity index (χ3v) is 17.8. The lowest BCUT2D eigenvalue weighted by molar-refractivity contribution is 1.13. The highest BCUT2D eigenvalue weighted by Gasteiger charge is 2.41. The summed E-state index contributed by atoms with van der Waals surface area (Å²) in [5, 5.41) is 10.4. The van der Waals surface area contributed by atoms with Gasteiger partial charge in [-0.15, -0.1) is 0 Å². The van der Waals surface area contributed by atoms with Crippen molar-refractivity contribution in [1.29, 1.82) is 0 Å². The molecule has 0 spiro atoms. The van der Waals surface area contributed by atoms with E-state index in [-0.39, 0.29) is 0 Å². The highest BCUT2D eigenvalue weighted by molar-refractivity contribution is 7.20. The van der Waals surface area contributed by atoms with E-state index in [1.165, 1.54) is 86.6 Å². The van der Waals surface area contributed by atoms with E-state index in [9.17, 15) is 0 Å². The van der Waals surface area contributed by atoms with Gasteiger partial charge in [-0.05, 0) is 85.5 Å². The van der Waals surface area contributed by atoms with Crippen LogP contribution in [0.25, 0.3) is 77.2 Å². The molecule has 12 rings (SSSR count). The number of fused-ring (bicyclic) bond motifs is 6. The van der Waals surface area contributed by atoms with Crippen molar-refractivity contribution in [2.45, 2.75) is 0 Å². The monoisotopic (exact) mass is 818 g/mol. The fourth-order valence-electron chi connectivity index (χ4n) is 10.3. The van der Waals surface area contributed by atoms with E-state index in [2.05, 4.69) is 264 Å². The first-order valence-corrected chi connectivity index (χ1v) is 23.8. The van der Waals surface area contributed by atoms with E-state index in [1.807, 2.05) is 0 Å². The second-order valence-electron chi connectivity index (χ2n) is 16.5. The first-order chi connectivity index (χ1) is 31.3. The Kier molecular flexibility index (Phi) is 8.87. The van der Waals surface area contributed by atoms with Crippen molar-refractivity contribution < 1.29 is 0 Å². The lowest BCUT2D eigenvalue weighted by Gasteiger charge is -2.34. The molecular weight excluding hydrogens is 777 g/mol. The summed E-state index contributed by atoms with van der Waals surface area (Å²) in [4.78, 5) is 0. The maximum atomic E-state index is 2.54. The van der Waals surface area contributed by atoms with Gasteiger partial charge in [-0.2, -0.15) is 0 Å². The molecule has 0 bridgehead atoms. The molecule has 12 aromatic rings. The largest absolute Gasteiger partial charge is 0.307 e. The zero-order valence-electron chi connectivity index (χ0n) is 34.6. The molecule has 0 amide bonds. The predicted molar refractivity (Wildman–Crippen MR) is 270 cm³/mol. The number of benzene rings is 10. The zero-order chi connectivity index (χ0) is 41.7. The average Bonchev–Trinajstić information content (AvgIpc) is 3.88. The number of nitrogens with zero attached hydrogens (tertiary/aromatic N) is 2. The maximum Gasteiger partial charge on any atom is 0.179 e. The maximum absolute atomic E-state index is 2.82. The second kappa shape index (κ2) is 15.2. The van der Waals surface area contributed by atoms with Crippen molar-refractivity contribution in [1.82, 2.24) is 9.13 Å². The van der Waals surface area contributed by atoms with Crippen LogP contribution in [0.3, 0.4) is 0 Å². The average molecular weight is 819 g/mol. The van der Waals surface area contributed by atoms with E-state index in [0.717, 1.165) is 11.4 Å². The van der Waals surface area contributed by atoms with E-state index < -0.39 is 8.07 Å². The van der Waals surface area contributed by atoms with E-state index in [4.69, 9.17) is 0 Å². The lowest BCUT2D eigenvalue weighted by Crippen LogP contribution is -2.74. The van der Waals surface area contributed by atoms with Gasteiger partial charge >= 0.3 is 0 Å². The van der Waals surface area contributed by atoms with Gasteiger partial charge in [-0.3, -0.25) is 0 Å². The van der Waals surface area contributed by atoms with Crippen LogP contribution in [0.15, 0.2) is 255 Å². The molecule has 0 aliphatic carbocycles. The van der Waals surface area contributed by atoms with Crippen LogP contribution in [0.2, 0.25) is 0 Å². The van der Waals surface area contributed by atoms with Crippen LogP contribution in [-0.4, -0.2) is 17.2 Å². The van der Waals surface area contributed by atoms with Crippen LogP contribution in [0.1, 0.15) is 0 Å². The third kappa shape index (κ3) is 5.93. The minimum atomic E-state index is -2.82. The molecule has 0 unspecified atom stereocenters. The first-order valence-electron chi connectivity index (χ1n) is 21.8. The Morgan fingerprint density at radius 1 is 0.254 bits per heavy atom. The topological polar surface area (TPSA) is 9.86 Å². The molecule has 2 nitrogen and oxygen atoms in total. The van der Waals surface area contributed by atoms with Gasteiger partial charge in [0.15, 0.2) is 8.07 Å². The number of hydrogen-bond acceptors (Lipinski definition) is 0. The SMILES string of the molecule is c1ccc(-c2cccc(-c3cccc(-n4c5ccccc5c5cccc(-n6c7ccccc7c7ccc([Si](c8ccccc8)(c8ccccc8)c8ccccc8)cc76)c54)c3)c2)cc1. The molecular formula is C60H42N2Si. The molecule has 0 fully saturated rings. The van der Waals surface area contributed by atoms with Crippen molar-refractivity contribution in [3.05, 3.63) is 255 Å². The number of para-hydroxylation sites is 3. The van der Waals surface area contributed by atoms with Gasteiger partial charge in [0.05, 0.1) is 27.8 Å². The van der Waals surface area contributed by atoms with Crippen molar-refractivity contribution in [2.24, 2.45) is 0 Å². The zero-order valence-corrected chi connectivity index (χ0v) is 35.6. The van der Waals surface area contributed by atoms with Crippen molar-refractivity contribution in [3.8, 4) is 33.6 Å². The Hall–Kier alpha value is -7.98. The van der Waals surface area contributed by atoms with E-state index >= 15 is 0 Å². The second-order valence-corrected chi connectivity index (χ2v) is 20.3. The fraction of sp³-hybridized carbons (Fsp3) is 0. The Bertz CT molecular complexity index is 3510. The molecule has 0 aliphatic heterocycles. The quantitative estimate of drug-likeness (QED) is 0.107. The van der Waals surface area contributed by atoms with Crippen molar-refractivity contribution in [3.63, 3.8) is 0 Å².